The predicted octanol–water partition coefficient (Wildman–Crippen LogP) is 1.58. The molecule has 0 fully saturated rings. The molecule has 0 amide bonds. The summed E-state index contributed by atoms with van der Waals surface area (Å²) < 4.78 is 14.3. The fourth-order valence-corrected chi connectivity index (χ4v) is 0.555. The normalized spacial score (nSPS) is 10.0. The third-order valence-electron chi connectivity index (χ3n) is 0.984. The third-order valence-corrected chi connectivity index (χ3v) is 0.984. The van der Waals surface area contributed by atoms with Gasteiger partial charge in [0.05, 0.1) is 12.7 Å². The van der Waals surface area contributed by atoms with Gasteiger partial charge in [0.15, 0.2) is 0 Å². The molecule has 0 atom stereocenters. The second kappa shape index (κ2) is 6.91. The van der Waals surface area contributed by atoms with E-state index in [1.807, 2.05) is 6.92 Å². The van der Waals surface area contributed by atoms with Gasteiger partial charge in [0.2, 0.25) is 0 Å². The van der Waals surface area contributed by atoms with Crippen LogP contribution in [0.15, 0.2) is 0 Å². The minimum absolute atomic E-state index is 0.135. The summed E-state index contributed by atoms with van der Waals surface area (Å²) in [6.45, 7) is 6.71. The van der Waals surface area contributed by atoms with Crippen molar-refractivity contribution >= 4 is 6.16 Å². The standard InChI is InChI=1S/C8H16O4/c1-4-10-5-6-11-8(9)12-7(2)3/h7H,4-6H2,1-3H3. The molecule has 0 saturated heterocycles. The fraction of sp³-hybridized carbons (Fsp3) is 0.875. The number of rotatable bonds is 5. The van der Waals surface area contributed by atoms with E-state index >= 15 is 0 Å². The molecule has 0 spiro atoms. The summed E-state index contributed by atoms with van der Waals surface area (Å²) in [6, 6.07) is 0. The first-order chi connectivity index (χ1) is 5.66. The fourth-order valence-electron chi connectivity index (χ4n) is 0.555. The first-order valence-corrected chi connectivity index (χ1v) is 4.08. The number of hydrogen-bond donors (Lipinski definition) is 0. The Hall–Kier alpha value is -0.770. The van der Waals surface area contributed by atoms with E-state index in [1.54, 1.807) is 13.8 Å². The SMILES string of the molecule is CCOCCOC(=O)OC(C)C. The highest BCUT2D eigenvalue weighted by molar-refractivity contribution is 5.59. The Kier molecular flexibility index (Phi) is 6.47. The Balaban J connectivity index is 3.20. The van der Waals surface area contributed by atoms with Crippen molar-refractivity contribution < 1.29 is 19.0 Å². The van der Waals surface area contributed by atoms with Crippen LogP contribution in [0.4, 0.5) is 4.79 Å². The second-order valence-corrected chi connectivity index (χ2v) is 2.46. The zero-order valence-electron chi connectivity index (χ0n) is 7.83. The molecule has 4 heteroatoms. The van der Waals surface area contributed by atoms with Crippen LogP contribution in [-0.4, -0.2) is 32.1 Å². The van der Waals surface area contributed by atoms with E-state index in [0.717, 1.165) is 0 Å². The quantitative estimate of drug-likeness (QED) is 0.471. The van der Waals surface area contributed by atoms with E-state index in [9.17, 15) is 4.79 Å². The average Bonchev–Trinajstić information content (AvgIpc) is 1.97. The smallest absolute Gasteiger partial charge is 0.432 e. The van der Waals surface area contributed by atoms with Crippen LogP contribution in [-0.2, 0) is 14.2 Å². The first kappa shape index (κ1) is 11.2. The molecule has 0 radical (unpaired) electrons. The molecule has 72 valence electrons. The van der Waals surface area contributed by atoms with Crippen molar-refractivity contribution in [3.63, 3.8) is 0 Å². The Morgan fingerprint density at radius 3 is 2.50 bits per heavy atom. The van der Waals surface area contributed by atoms with Crippen LogP contribution in [0.1, 0.15) is 20.8 Å². The van der Waals surface area contributed by atoms with Crippen LogP contribution in [0.2, 0.25) is 0 Å². The van der Waals surface area contributed by atoms with E-state index in [-0.39, 0.29) is 12.7 Å². The Morgan fingerprint density at radius 2 is 2.00 bits per heavy atom. The van der Waals surface area contributed by atoms with Crippen LogP contribution >= 0.6 is 0 Å². The van der Waals surface area contributed by atoms with Crippen molar-refractivity contribution in [2.24, 2.45) is 0 Å². The molecule has 0 aliphatic carbocycles. The van der Waals surface area contributed by atoms with Gasteiger partial charge in [-0.05, 0) is 20.8 Å². The topological polar surface area (TPSA) is 44.8 Å². The lowest BCUT2D eigenvalue weighted by Gasteiger charge is -2.08. The highest BCUT2D eigenvalue weighted by Crippen LogP contribution is 1.92. The molecule has 0 bridgehead atoms. The van der Waals surface area contributed by atoms with Gasteiger partial charge in [0.25, 0.3) is 0 Å². The second-order valence-electron chi connectivity index (χ2n) is 2.46. The average molecular weight is 176 g/mol. The van der Waals surface area contributed by atoms with Crippen LogP contribution in [0.25, 0.3) is 0 Å². The molecule has 0 aromatic rings. The summed E-state index contributed by atoms with van der Waals surface area (Å²) >= 11 is 0. The van der Waals surface area contributed by atoms with E-state index in [2.05, 4.69) is 4.74 Å². The number of hydrogen-bond acceptors (Lipinski definition) is 4. The minimum atomic E-state index is -0.635. The van der Waals surface area contributed by atoms with Gasteiger partial charge in [0, 0.05) is 6.61 Å². The maximum Gasteiger partial charge on any atom is 0.508 e. The lowest BCUT2D eigenvalue weighted by Crippen LogP contribution is -2.15. The molecule has 0 rings (SSSR count). The maximum atomic E-state index is 10.7. The van der Waals surface area contributed by atoms with Crippen LogP contribution in [0.3, 0.4) is 0 Å². The summed E-state index contributed by atoms with van der Waals surface area (Å²) in [6.07, 6.45) is -0.769. The van der Waals surface area contributed by atoms with E-state index in [0.29, 0.717) is 13.2 Å². The molecule has 0 aliphatic rings. The number of ether oxygens (including phenoxy) is 3. The summed E-state index contributed by atoms with van der Waals surface area (Å²) in [5.41, 5.74) is 0. The molecule has 0 saturated carbocycles. The molecular weight excluding hydrogens is 160 g/mol. The molecule has 12 heavy (non-hydrogen) atoms. The Morgan fingerprint density at radius 1 is 1.33 bits per heavy atom. The van der Waals surface area contributed by atoms with Crippen molar-refractivity contribution in [3.05, 3.63) is 0 Å². The third kappa shape index (κ3) is 7.34. The van der Waals surface area contributed by atoms with Gasteiger partial charge in [0.1, 0.15) is 6.61 Å². The molecule has 0 N–H and O–H groups in total. The Labute approximate surface area is 72.8 Å². The van der Waals surface area contributed by atoms with Gasteiger partial charge in [-0.25, -0.2) is 4.79 Å². The first-order valence-electron chi connectivity index (χ1n) is 4.08. The van der Waals surface area contributed by atoms with Gasteiger partial charge >= 0.3 is 6.16 Å². The van der Waals surface area contributed by atoms with Crippen molar-refractivity contribution in [3.8, 4) is 0 Å². The lowest BCUT2D eigenvalue weighted by atomic mass is 10.5. The van der Waals surface area contributed by atoms with E-state index in [1.165, 1.54) is 0 Å². The molecule has 0 aromatic carbocycles. The van der Waals surface area contributed by atoms with Crippen LogP contribution < -0.4 is 0 Å². The van der Waals surface area contributed by atoms with Gasteiger partial charge < -0.3 is 14.2 Å². The van der Waals surface area contributed by atoms with Crippen molar-refractivity contribution in [1.29, 1.82) is 0 Å². The summed E-state index contributed by atoms with van der Waals surface area (Å²) in [7, 11) is 0. The highest BCUT2D eigenvalue weighted by atomic mass is 16.7. The van der Waals surface area contributed by atoms with Crippen molar-refractivity contribution in [2.45, 2.75) is 26.9 Å². The van der Waals surface area contributed by atoms with Crippen molar-refractivity contribution in [2.75, 3.05) is 19.8 Å². The van der Waals surface area contributed by atoms with Gasteiger partial charge in [-0.2, -0.15) is 0 Å². The van der Waals surface area contributed by atoms with Gasteiger partial charge in [-0.15, -0.1) is 0 Å². The number of carbonyl (C=O) groups excluding carboxylic acids is 1. The van der Waals surface area contributed by atoms with Crippen molar-refractivity contribution in [1.82, 2.24) is 0 Å². The summed E-state index contributed by atoms with van der Waals surface area (Å²) in [4.78, 5) is 10.7. The van der Waals surface area contributed by atoms with E-state index < -0.39 is 6.16 Å². The number of carbonyl (C=O) groups is 1. The van der Waals surface area contributed by atoms with Gasteiger partial charge in [-0.1, -0.05) is 0 Å². The zero-order valence-corrected chi connectivity index (χ0v) is 7.83. The molecule has 0 aromatic heterocycles. The molecule has 0 heterocycles. The molecule has 4 nitrogen and oxygen atoms in total. The van der Waals surface area contributed by atoms with Crippen LogP contribution in [0.5, 0.6) is 0 Å². The summed E-state index contributed by atoms with van der Waals surface area (Å²) in [5.74, 6) is 0. The zero-order chi connectivity index (χ0) is 9.40. The monoisotopic (exact) mass is 176 g/mol. The van der Waals surface area contributed by atoms with Crippen LogP contribution in [0, 0.1) is 0 Å². The molecular formula is C8H16O4. The van der Waals surface area contributed by atoms with E-state index in [4.69, 9.17) is 9.47 Å². The predicted molar refractivity (Wildman–Crippen MR) is 44.1 cm³/mol. The minimum Gasteiger partial charge on any atom is -0.432 e. The lowest BCUT2D eigenvalue weighted by molar-refractivity contribution is 0.0149. The maximum absolute atomic E-state index is 10.7. The van der Waals surface area contributed by atoms with Gasteiger partial charge in [-0.3, -0.25) is 0 Å². The molecule has 0 aliphatic heterocycles. The highest BCUT2D eigenvalue weighted by Gasteiger charge is 2.04. The largest absolute Gasteiger partial charge is 0.508 e. The summed E-state index contributed by atoms with van der Waals surface area (Å²) in [5, 5.41) is 0. The molecule has 0 unspecified atom stereocenters. The Bertz CT molecular complexity index is 122.